The Bertz CT molecular complexity index is 381. The van der Waals surface area contributed by atoms with E-state index in [0.717, 1.165) is 6.07 Å². The number of primary amides is 1. The van der Waals surface area contributed by atoms with Gasteiger partial charge >= 0.3 is 0 Å². The van der Waals surface area contributed by atoms with Crippen molar-refractivity contribution in [3.63, 3.8) is 0 Å². The van der Waals surface area contributed by atoms with Crippen molar-refractivity contribution in [1.82, 2.24) is 0 Å². The molecule has 1 amide bonds. The smallest absolute Gasteiger partial charge is 0.249 e. The number of nitrogens with two attached hydrogens (primary N) is 1. The van der Waals surface area contributed by atoms with Crippen molar-refractivity contribution in [3.05, 3.63) is 32.2 Å². The third kappa shape index (κ3) is 1.88. The van der Waals surface area contributed by atoms with Crippen molar-refractivity contribution in [2.24, 2.45) is 5.73 Å². The maximum atomic E-state index is 12.8. The maximum Gasteiger partial charge on any atom is 0.249 e. The van der Waals surface area contributed by atoms with Crippen molar-refractivity contribution in [2.45, 2.75) is 0 Å². The minimum atomic E-state index is -1.12. The highest BCUT2D eigenvalue weighted by atomic mass is 79.9. The van der Waals surface area contributed by atoms with Crippen LogP contribution in [0.1, 0.15) is 10.4 Å². The monoisotopic (exact) mass is 313 g/mol. The molecule has 0 atom stereocenters. The summed E-state index contributed by atoms with van der Waals surface area (Å²) in [7, 11) is 0. The van der Waals surface area contributed by atoms with Crippen LogP contribution in [0.25, 0.3) is 0 Å². The lowest BCUT2D eigenvalue weighted by molar-refractivity contribution is 0.0999. The average molecular weight is 315 g/mol. The Hall–Kier alpha value is -0.490. The summed E-state index contributed by atoms with van der Waals surface area (Å²) < 4.78 is 25.5. The molecule has 2 nitrogen and oxygen atoms in total. The van der Waals surface area contributed by atoms with Crippen LogP contribution in [0.3, 0.4) is 0 Å². The zero-order valence-electron chi connectivity index (χ0n) is 6.07. The van der Waals surface area contributed by atoms with Crippen molar-refractivity contribution in [2.75, 3.05) is 0 Å². The van der Waals surface area contributed by atoms with E-state index in [4.69, 9.17) is 5.73 Å². The highest BCUT2D eigenvalue weighted by Crippen LogP contribution is 2.30. The minimum absolute atomic E-state index is 0.106. The van der Waals surface area contributed by atoms with Gasteiger partial charge in [-0.25, -0.2) is 8.78 Å². The molecule has 13 heavy (non-hydrogen) atoms. The summed E-state index contributed by atoms with van der Waals surface area (Å²) >= 11 is 5.69. The molecular weight excluding hydrogens is 312 g/mol. The van der Waals surface area contributed by atoms with Gasteiger partial charge < -0.3 is 5.73 Å². The Morgan fingerprint density at radius 3 is 2.31 bits per heavy atom. The number of carbonyl (C=O) groups is 1. The third-order valence-electron chi connectivity index (χ3n) is 1.37. The van der Waals surface area contributed by atoms with Crippen LogP contribution in [-0.4, -0.2) is 5.91 Å². The van der Waals surface area contributed by atoms with Crippen LogP contribution < -0.4 is 5.73 Å². The van der Waals surface area contributed by atoms with Gasteiger partial charge in [0, 0.05) is 4.47 Å². The highest BCUT2D eigenvalue weighted by Gasteiger charge is 2.17. The normalized spacial score (nSPS) is 10.2. The fourth-order valence-electron chi connectivity index (χ4n) is 0.752. The van der Waals surface area contributed by atoms with Gasteiger partial charge in [0.1, 0.15) is 0 Å². The highest BCUT2D eigenvalue weighted by molar-refractivity contribution is 9.13. The molecule has 0 unspecified atom stereocenters. The molecule has 0 radical (unpaired) electrons. The number of carbonyl (C=O) groups excluding carboxylic acids is 1. The van der Waals surface area contributed by atoms with Crippen LogP contribution in [0, 0.1) is 11.6 Å². The standard InChI is InChI=1S/C7H3Br2F2NO/c8-4-2(7(12)13)1-3(10)6(11)5(4)9/h1H,(H2,12,13). The van der Waals surface area contributed by atoms with Gasteiger partial charge in [-0.3, -0.25) is 4.79 Å². The number of benzene rings is 1. The number of hydrogen-bond donors (Lipinski definition) is 1. The number of hydrogen-bond acceptors (Lipinski definition) is 1. The molecule has 0 heterocycles. The summed E-state index contributed by atoms with van der Waals surface area (Å²) in [5, 5.41) is 0. The molecule has 0 aliphatic heterocycles. The van der Waals surface area contributed by atoms with Crippen molar-refractivity contribution in [1.29, 1.82) is 0 Å². The third-order valence-corrected chi connectivity index (χ3v) is 3.47. The molecule has 2 N–H and O–H groups in total. The summed E-state index contributed by atoms with van der Waals surface area (Å²) in [4.78, 5) is 10.7. The number of rotatable bonds is 1. The van der Waals surface area contributed by atoms with Crippen LogP contribution in [0.4, 0.5) is 8.78 Å². The molecule has 0 aromatic heterocycles. The first kappa shape index (κ1) is 10.6. The first-order chi connectivity index (χ1) is 5.95. The molecule has 0 fully saturated rings. The number of halogens is 4. The molecule has 1 aromatic rings. The summed E-state index contributed by atoms with van der Waals surface area (Å²) in [6.07, 6.45) is 0. The lowest BCUT2D eigenvalue weighted by Gasteiger charge is -2.04. The van der Waals surface area contributed by atoms with Crippen LogP contribution in [-0.2, 0) is 0 Å². The summed E-state index contributed by atoms with van der Waals surface area (Å²) in [6.45, 7) is 0. The Balaban J connectivity index is 3.50. The lowest BCUT2D eigenvalue weighted by Crippen LogP contribution is -2.13. The second-order valence-electron chi connectivity index (χ2n) is 2.21. The molecule has 0 aliphatic carbocycles. The Morgan fingerprint density at radius 1 is 1.31 bits per heavy atom. The SMILES string of the molecule is NC(=O)c1cc(F)c(F)c(Br)c1Br. The summed E-state index contributed by atoms with van der Waals surface area (Å²) in [5.74, 6) is -3.01. The van der Waals surface area contributed by atoms with E-state index in [9.17, 15) is 13.6 Å². The van der Waals surface area contributed by atoms with E-state index in [1.165, 1.54) is 0 Å². The fourth-order valence-corrected chi connectivity index (χ4v) is 1.64. The van der Waals surface area contributed by atoms with E-state index in [1.54, 1.807) is 0 Å². The first-order valence-electron chi connectivity index (χ1n) is 3.08. The van der Waals surface area contributed by atoms with E-state index in [-0.39, 0.29) is 14.5 Å². The second-order valence-corrected chi connectivity index (χ2v) is 3.80. The van der Waals surface area contributed by atoms with Crippen LogP contribution in [0.5, 0.6) is 0 Å². The predicted octanol–water partition coefficient (Wildman–Crippen LogP) is 2.59. The topological polar surface area (TPSA) is 43.1 Å². The maximum absolute atomic E-state index is 12.8. The Kier molecular flexibility index (Phi) is 3.02. The molecule has 70 valence electrons. The minimum Gasteiger partial charge on any atom is -0.366 e. The zero-order chi connectivity index (χ0) is 10.2. The molecular formula is C7H3Br2F2NO. The average Bonchev–Trinajstić information content (AvgIpc) is 2.07. The van der Waals surface area contributed by atoms with Gasteiger partial charge in [-0.2, -0.15) is 0 Å². The summed E-state index contributed by atoms with van der Waals surface area (Å²) in [5.41, 5.74) is 4.82. The molecule has 6 heteroatoms. The van der Waals surface area contributed by atoms with Crippen molar-refractivity contribution >= 4 is 37.8 Å². The molecule has 0 spiro atoms. The Labute approximate surface area is 89.4 Å². The van der Waals surface area contributed by atoms with E-state index in [0.29, 0.717) is 0 Å². The first-order valence-corrected chi connectivity index (χ1v) is 4.66. The van der Waals surface area contributed by atoms with Gasteiger partial charge in [0.25, 0.3) is 0 Å². The molecule has 0 saturated carbocycles. The van der Waals surface area contributed by atoms with E-state index >= 15 is 0 Å². The molecule has 0 aliphatic rings. The number of amides is 1. The zero-order valence-corrected chi connectivity index (χ0v) is 9.25. The van der Waals surface area contributed by atoms with Gasteiger partial charge in [0.2, 0.25) is 5.91 Å². The van der Waals surface area contributed by atoms with Gasteiger partial charge in [0.15, 0.2) is 11.6 Å². The van der Waals surface area contributed by atoms with Crippen molar-refractivity contribution in [3.8, 4) is 0 Å². The lowest BCUT2D eigenvalue weighted by atomic mass is 10.2. The van der Waals surface area contributed by atoms with E-state index in [2.05, 4.69) is 31.9 Å². The molecule has 1 aromatic carbocycles. The van der Waals surface area contributed by atoms with Crippen LogP contribution in [0.15, 0.2) is 15.0 Å². The Morgan fingerprint density at radius 2 is 1.85 bits per heavy atom. The van der Waals surface area contributed by atoms with Gasteiger partial charge in [-0.05, 0) is 37.9 Å². The van der Waals surface area contributed by atoms with Crippen molar-refractivity contribution < 1.29 is 13.6 Å². The van der Waals surface area contributed by atoms with Gasteiger partial charge in [-0.15, -0.1) is 0 Å². The predicted molar refractivity (Wildman–Crippen MR) is 50.3 cm³/mol. The van der Waals surface area contributed by atoms with Gasteiger partial charge in [0.05, 0.1) is 10.0 Å². The molecule has 0 bridgehead atoms. The molecule has 0 saturated heterocycles. The largest absolute Gasteiger partial charge is 0.366 e. The van der Waals surface area contributed by atoms with E-state index in [1.807, 2.05) is 0 Å². The fraction of sp³-hybridized carbons (Fsp3) is 0. The molecule has 1 rings (SSSR count). The van der Waals surface area contributed by atoms with E-state index < -0.39 is 17.5 Å². The quantitative estimate of drug-likeness (QED) is 0.628. The van der Waals surface area contributed by atoms with Gasteiger partial charge in [-0.1, -0.05) is 0 Å². The van der Waals surface area contributed by atoms with Crippen LogP contribution >= 0.6 is 31.9 Å². The summed E-state index contributed by atoms with van der Waals surface area (Å²) in [6, 6.07) is 0.743. The second kappa shape index (κ2) is 3.71. The van der Waals surface area contributed by atoms with Crippen LogP contribution in [0.2, 0.25) is 0 Å².